The van der Waals surface area contributed by atoms with Crippen LogP contribution in [0.1, 0.15) is 24.4 Å². The highest BCUT2D eigenvalue weighted by Gasteiger charge is 2.11. The van der Waals surface area contributed by atoms with Crippen molar-refractivity contribution in [3.05, 3.63) is 42.0 Å². The van der Waals surface area contributed by atoms with Crippen molar-refractivity contribution in [2.45, 2.75) is 24.2 Å². The second kappa shape index (κ2) is 5.99. The molecule has 0 aliphatic rings. The van der Waals surface area contributed by atoms with Gasteiger partial charge in [0, 0.05) is 18.1 Å². The van der Waals surface area contributed by atoms with E-state index in [0.29, 0.717) is 0 Å². The van der Waals surface area contributed by atoms with Crippen LogP contribution in [0.4, 0.5) is 5.69 Å². The number of thioether (sulfide) groups is 1. The zero-order valence-electron chi connectivity index (χ0n) is 12.1. The monoisotopic (exact) mass is 316 g/mol. The van der Waals surface area contributed by atoms with Gasteiger partial charge in [0.15, 0.2) is 4.34 Å². The Bertz CT molecular complexity index is 769. The lowest BCUT2D eigenvalue weighted by Crippen LogP contribution is -2.10. The molecule has 0 fully saturated rings. The van der Waals surface area contributed by atoms with Crippen LogP contribution in [0.5, 0.6) is 0 Å². The molecule has 0 aliphatic carbocycles. The number of nitrogens with zero attached hydrogens (tertiary/aromatic N) is 3. The summed E-state index contributed by atoms with van der Waals surface area (Å²) >= 11 is 3.40. The van der Waals surface area contributed by atoms with E-state index in [2.05, 4.69) is 51.6 Å². The topological polar surface area (TPSA) is 50.7 Å². The molecule has 2 aromatic heterocycles. The predicted molar refractivity (Wildman–Crippen MR) is 90.2 cm³/mol. The predicted octanol–water partition coefficient (Wildman–Crippen LogP) is 4.29. The normalized spacial score (nSPS) is 12.5. The average Bonchev–Trinajstić information content (AvgIpc) is 2.90. The van der Waals surface area contributed by atoms with Crippen LogP contribution in [0.15, 0.2) is 34.9 Å². The van der Waals surface area contributed by atoms with Gasteiger partial charge in [0.25, 0.3) is 0 Å². The highest BCUT2D eigenvalue weighted by atomic mass is 32.2. The number of aromatic nitrogens is 3. The van der Waals surface area contributed by atoms with Crippen LogP contribution in [-0.2, 0) is 0 Å². The van der Waals surface area contributed by atoms with Crippen molar-refractivity contribution in [2.75, 3.05) is 11.6 Å². The summed E-state index contributed by atoms with van der Waals surface area (Å²) < 4.78 is 2.30. The van der Waals surface area contributed by atoms with Gasteiger partial charge in [-0.15, -0.1) is 11.3 Å². The summed E-state index contributed by atoms with van der Waals surface area (Å²) in [5.41, 5.74) is 4.07. The van der Waals surface area contributed by atoms with Crippen LogP contribution in [0.25, 0.3) is 10.2 Å². The van der Waals surface area contributed by atoms with Gasteiger partial charge in [0.1, 0.15) is 0 Å². The zero-order chi connectivity index (χ0) is 14.8. The van der Waals surface area contributed by atoms with E-state index in [4.69, 9.17) is 0 Å². The third kappa shape index (κ3) is 3.01. The summed E-state index contributed by atoms with van der Waals surface area (Å²) in [6, 6.07) is 6.39. The third-order valence-corrected chi connectivity index (χ3v) is 5.26. The van der Waals surface area contributed by atoms with Gasteiger partial charge in [-0.25, -0.2) is 4.98 Å². The Morgan fingerprint density at radius 1 is 1.24 bits per heavy atom. The quantitative estimate of drug-likeness (QED) is 0.728. The van der Waals surface area contributed by atoms with Crippen LogP contribution in [0, 0.1) is 6.92 Å². The number of anilines is 1. The standard InChI is InChI=1S/C15H16N4S2/c1-9-14(17-7-6-16-9)10(2)18-11-4-5-12-13(8-11)21-15(19-12)20-3/h4-8,10,18H,1-3H3. The van der Waals surface area contributed by atoms with E-state index in [-0.39, 0.29) is 6.04 Å². The molecule has 0 radical (unpaired) electrons. The number of fused-ring (bicyclic) bond motifs is 1. The van der Waals surface area contributed by atoms with Crippen LogP contribution >= 0.6 is 23.1 Å². The number of benzene rings is 1. The van der Waals surface area contributed by atoms with Crippen LogP contribution in [0.3, 0.4) is 0 Å². The van der Waals surface area contributed by atoms with Crippen LogP contribution < -0.4 is 5.32 Å². The molecule has 0 saturated carbocycles. The smallest absolute Gasteiger partial charge is 0.150 e. The van der Waals surface area contributed by atoms with Crippen molar-refractivity contribution in [1.82, 2.24) is 15.0 Å². The summed E-state index contributed by atoms with van der Waals surface area (Å²) in [6.45, 7) is 4.08. The van der Waals surface area contributed by atoms with Gasteiger partial charge < -0.3 is 5.32 Å². The summed E-state index contributed by atoms with van der Waals surface area (Å²) in [5, 5.41) is 3.49. The Balaban J connectivity index is 1.86. The van der Waals surface area contributed by atoms with Crippen molar-refractivity contribution in [3.63, 3.8) is 0 Å². The van der Waals surface area contributed by atoms with Crippen molar-refractivity contribution >= 4 is 39.0 Å². The molecule has 3 rings (SSSR count). The molecular weight excluding hydrogens is 300 g/mol. The summed E-state index contributed by atoms with van der Waals surface area (Å²) in [5.74, 6) is 0. The summed E-state index contributed by atoms with van der Waals surface area (Å²) in [4.78, 5) is 13.3. The molecule has 4 nitrogen and oxygen atoms in total. The first-order chi connectivity index (χ1) is 10.2. The molecule has 6 heteroatoms. The van der Waals surface area contributed by atoms with Crippen molar-refractivity contribution in [1.29, 1.82) is 0 Å². The van der Waals surface area contributed by atoms with E-state index >= 15 is 0 Å². The Hall–Kier alpha value is -1.66. The molecule has 2 heterocycles. The maximum Gasteiger partial charge on any atom is 0.150 e. The molecule has 0 bridgehead atoms. The highest BCUT2D eigenvalue weighted by molar-refractivity contribution is 8.00. The fourth-order valence-electron chi connectivity index (χ4n) is 2.24. The van der Waals surface area contributed by atoms with Gasteiger partial charge in [0.2, 0.25) is 0 Å². The second-order valence-corrected chi connectivity index (χ2v) is 6.84. The van der Waals surface area contributed by atoms with E-state index in [1.807, 2.05) is 6.92 Å². The third-order valence-electron chi connectivity index (χ3n) is 3.26. The average molecular weight is 316 g/mol. The van der Waals surface area contributed by atoms with Crippen molar-refractivity contribution < 1.29 is 0 Å². The molecule has 21 heavy (non-hydrogen) atoms. The van der Waals surface area contributed by atoms with Gasteiger partial charge in [-0.1, -0.05) is 11.8 Å². The molecule has 0 saturated heterocycles. The molecule has 108 valence electrons. The molecule has 3 aromatic rings. The molecular formula is C15H16N4S2. The van der Waals surface area contributed by atoms with Gasteiger partial charge in [-0.05, 0) is 38.3 Å². The molecule has 0 aliphatic heterocycles. The fourth-order valence-corrected chi connectivity index (χ4v) is 3.77. The van der Waals surface area contributed by atoms with Gasteiger partial charge in [-0.2, -0.15) is 0 Å². The Kier molecular flexibility index (Phi) is 4.07. The minimum Gasteiger partial charge on any atom is -0.377 e. The lowest BCUT2D eigenvalue weighted by Gasteiger charge is -2.16. The number of hydrogen-bond acceptors (Lipinski definition) is 6. The molecule has 1 atom stereocenters. The Morgan fingerprint density at radius 2 is 2.05 bits per heavy atom. The van der Waals surface area contributed by atoms with Crippen LogP contribution in [0.2, 0.25) is 0 Å². The first-order valence-corrected chi connectivity index (χ1v) is 8.70. The number of nitrogens with one attached hydrogen (secondary N) is 1. The summed E-state index contributed by atoms with van der Waals surface area (Å²) in [7, 11) is 0. The van der Waals surface area contributed by atoms with E-state index < -0.39 is 0 Å². The van der Waals surface area contributed by atoms with Gasteiger partial charge in [-0.3, -0.25) is 9.97 Å². The fraction of sp³-hybridized carbons (Fsp3) is 0.267. The first kappa shape index (κ1) is 14.3. The number of thiazole rings is 1. The molecule has 1 aromatic carbocycles. The summed E-state index contributed by atoms with van der Waals surface area (Å²) in [6.07, 6.45) is 5.51. The Morgan fingerprint density at radius 3 is 2.81 bits per heavy atom. The minimum absolute atomic E-state index is 0.115. The lowest BCUT2D eigenvalue weighted by molar-refractivity contribution is 0.810. The number of rotatable bonds is 4. The first-order valence-electron chi connectivity index (χ1n) is 6.66. The van der Waals surface area contributed by atoms with Gasteiger partial charge in [0.05, 0.1) is 27.6 Å². The second-order valence-electron chi connectivity index (χ2n) is 4.76. The number of hydrogen-bond donors (Lipinski definition) is 1. The van der Waals surface area contributed by atoms with E-state index in [0.717, 1.165) is 26.9 Å². The highest BCUT2D eigenvalue weighted by Crippen LogP contribution is 2.31. The largest absolute Gasteiger partial charge is 0.377 e. The van der Waals surface area contributed by atoms with E-state index in [1.54, 1.807) is 35.5 Å². The maximum atomic E-state index is 4.56. The molecule has 1 N–H and O–H groups in total. The lowest BCUT2D eigenvalue weighted by atomic mass is 10.1. The molecule has 0 spiro atoms. The van der Waals surface area contributed by atoms with Crippen molar-refractivity contribution in [2.24, 2.45) is 0 Å². The molecule has 0 amide bonds. The Labute approximate surface area is 132 Å². The number of aryl methyl sites for hydroxylation is 1. The van der Waals surface area contributed by atoms with Crippen molar-refractivity contribution in [3.8, 4) is 0 Å². The van der Waals surface area contributed by atoms with Gasteiger partial charge >= 0.3 is 0 Å². The zero-order valence-corrected chi connectivity index (χ0v) is 13.8. The van der Waals surface area contributed by atoms with E-state index in [1.165, 1.54) is 4.70 Å². The maximum absolute atomic E-state index is 4.56. The van der Waals surface area contributed by atoms with E-state index in [9.17, 15) is 0 Å². The SMILES string of the molecule is CSc1nc2ccc(NC(C)c3nccnc3C)cc2s1. The molecule has 1 unspecified atom stereocenters. The minimum atomic E-state index is 0.115. The van der Waals surface area contributed by atoms with Crippen LogP contribution in [-0.4, -0.2) is 21.2 Å².